The molecule has 2 heterocycles. The summed E-state index contributed by atoms with van der Waals surface area (Å²) in [6.45, 7) is 2.48. The van der Waals surface area contributed by atoms with E-state index in [1.54, 1.807) is 24.3 Å². The number of ether oxygens (including phenoxy) is 1. The number of nitrogens with one attached hydrogen (secondary N) is 2. The molecule has 1 unspecified atom stereocenters. The molecule has 2 aromatic rings. The monoisotopic (exact) mass is 401 g/mol. The van der Waals surface area contributed by atoms with Crippen molar-refractivity contribution in [1.29, 1.82) is 0 Å². The normalized spacial score (nSPS) is 17.1. The molecule has 1 aliphatic heterocycles. The molecular weight excluding hydrogens is 383 g/mol. The SMILES string of the molecule is Cl.O=C(NCC1CNCCO1)c1ccc(-c2cc(C(F)(F)F)ccn2)cc1. The lowest BCUT2D eigenvalue weighted by Gasteiger charge is -2.23. The van der Waals surface area contributed by atoms with E-state index in [9.17, 15) is 18.0 Å². The van der Waals surface area contributed by atoms with Gasteiger partial charge in [0.25, 0.3) is 5.91 Å². The van der Waals surface area contributed by atoms with Crippen molar-refractivity contribution in [3.05, 3.63) is 53.7 Å². The van der Waals surface area contributed by atoms with E-state index < -0.39 is 11.7 Å². The van der Waals surface area contributed by atoms with Gasteiger partial charge in [0.15, 0.2) is 0 Å². The van der Waals surface area contributed by atoms with Gasteiger partial charge in [0.1, 0.15) is 0 Å². The zero-order valence-corrected chi connectivity index (χ0v) is 15.1. The molecule has 146 valence electrons. The third kappa shape index (κ3) is 5.66. The quantitative estimate of drug-likeness (QED) is 0.827. The number of hydrogen-bond acceptors (Lipinski definition) is 4. The number of pyridine rings is 1. The van der Waals surface area contributed by atoms with E-state index in [0.717, 1.165) is 24.9 Å². The van der Waals surface area contributed by atoms with Gasteiger partial charge in [-0.25, -0.2) is 0 Å². The highest BCUT2D eigenvalue weighted by Crippen LogP contribution is 2.31. The van der Waals surface area contributed by atoms with Gasteiger partial charge in [-0.1, -0.05) is 12.1 Å². The van der Waals surface area contributed by atoms with E-state index in [1.807, 2.05) is 0 Å². The number of benzene rings is 1. The van der Waals surface area contributed by atoms with Crippen LogP contribution in [0, 0.1) is 0 Å². The van der Waals surface area contributed by atoms with Gasteiger partial charge in [0.2, 0.25) is 0 Å². The first-order valence-electron chi connectivity index (χ1n) is 8.18. The van der Waals surface area contributed by atoms with Crippen LogP contribution >= 0.6 is 12.4 Å². The lowest BCUT2D eigenvalue weighted by Crippen LogP contribution is -2.45. The number of alkyl halides is 3. The Labute approximate surface area is 160 Å². The van der Waals surface area contributed by atoms with Crippen molar-refractivity contribution in [1.82, 2.24) is 15.6 Å². The van der Waals surface area contributed by atoms with E-state index in [2.05, 4.69) is 15.6 Å². The summed E-state index contributed by atoms with van der Waals surface area (Å²) in [6.07, 6.45) is -3.37. The van der Waals surface area contributed by atoms with Crippen LogP contribution in [0.3, 0.4) is 0 Å². The first-order chi connectivity index (χ1) is 12.4. The second-order valence-electron chi connectivity index (χ2n) is 5.91. The van der Waals surface area contributed by atoms with E-state index in [-0.39, 0.29) is 30.1 Å². The Morgan fingerprint density at radius 3 is 2.63 bits per heavy atom. The average molecular weight is 402 g/mol. The van der Waals surface area contributed by atoms with Gasteiger partial charge in [-0.15, -0.1) is 12.4 Å². The van der Waals surface area contributed by atoms with Gasteiger partial charge >= 0.3 is 6.18 Å². The zero-order chi connectivity index (χ0) is 18.6. The molecule has 3 rings (SSSR count). The van der Waals surface area contributed by atoms with Crippen molar-refractivity contribution in [2.24, 2.45) is 0 Å². The molecule has 0 radical (unpaired) electrons. The number of halogens is 4. The first kappa shape index (κ1) is 21.1. The van der Waals surface area contributed by atoms with Gasteiger partial charge < -0.3 is 15.4 Å². The highest BCUT2D eigenvalue weighted by Gasteiger charge is 2.30. The van der Waals surface area contributed by atoms with Gasteiger partial charge in [-0.2, -0.15) is 13.2 Å². The Morgan fingerprint density at radius 1 is 1.26 bits per heavy atom. The predicted octanol–water partition coefficient (Wildman–Crippen LogP) is 2.91. The minimum atomic E-state index is -4.42. The molecule has 0 aliphatic carbocycles. The van der Waals surface area contributed by atoms with Gasteiger partial charge in [-0.3, -0.25) is 9.78 Å². The van der Waals surface area contributed by atoms with Crippen LogP contribution in [0.15, 0.2) is 42.6 Å². The molecule has 0 saturated carbocycles. The molecule has 1 aromatic heterocycles. The van der Waals surface area contributed by atoms with Crippen LogP contribution in [0.25, 0.3) is 11.3 Å². The Morgan fingerprint density at radius 2 is 2.00 bits per heavy atom. The summed E-state index contributed by atoms with van der Waals surface area (Å²) in [5, 5.41) is 5.96. The van der Waals surface area contributed by atoms with E-state index >= 15 is 0 Å². The number of carbonyl (C=O) groups excluding carboxylic acids is 1. The summed E-state index contributed by atoms with van der Waals surface area (Å²) in [5.41, 5.74) is 0.371. The average Bonchev–Trinajstić information content (AvgIpc) is 2.66. The molecule has 1 atom stereocenters. The van der Waals surface area contributed by atoms with Crippen molar-refractivity contribution >= 4 is 18.3 Å². The molecule has 1 aliphatic rings. The minimum Gasteiger partial charge on any atom is -0.374 e. The van der Waals surface area contributed by atoms with E-state index in [1.165, 1.54) is 0 Å². The lowest BCUT2D eigenvalue weighted by molar-refractivity contribution is -0.137. The lowest BCUT2D eigenvalue weighted by atomic mass is 10.1. The number of hydrogen-bond donors (Lipinski definition) is 2. The van der Waals surface area contributed by atoms with Crippen LogP contribution in [0.4, 0.5) is 13.2 Å². The Bertz CT molecular complexity index is 763. The maximum atomic E-state index is 12.8. The molecule has 1 saturated heterocycles. The van der Waals surface area contributed by atoms with Crippen molar-refractivity contribution in [3.8, 4) is 11.3 Å². The largest absolute Gasteiger partial charge is 0.416 e. The van der Waals surface area contributed by atoms with Gasteiger partial charge in [0.05, 0.1) is 24.0 Å². The third-order valence-corrected chi connectivity index (χ3v) is 4.02. The molecule has 0 spiro atoms. The second-order valence-corrected chi connectivity index (χ2v) is 5.91. The molecule has 9 heteroatoms. The molecule has 2 N–H and O–H groups in total. The summed E-state index contributed by atoms with van der Waals surface area (Å²) in [4.78, 5) is 16.1. The van der Waals surface area contributed by atoms with Crippen molar-refractivity contribution in [2.45, 2.75) is 12.3 Å². The van der Waals surface area contributed by atoms with Crippen LogP contribution in [-0.4, -0.2) is 43.2 Å². The van der Waals surface area contributed by atoms with Gasteiger partial charge in [0, 0.05) is 37.0 Å². The Hall–Kier alpha value is -2.16. The third-order valence-electron chi connectivity index (χ3n) is 4.02. The van der Waals surface area contributed by atoms with Crippen molar-refractivity contribution < 1.29 is 22.7 Å². The van der Waals surface area contributed by atoms with Crippen molar-refractivity contribution in [3.63, 3.8) is 0 Å². The van der Waals surface area contributed by atoms with E-state index in [4.69, 9.17) is 4.74 Å². The van der Waals surface area contributed by atoms with Crippen LogP contribution in [0.5, 0.6) is 0 Å². The highest BCUT2D eigenvalue weighted by molar-refractivity contribution is 5.94. The highest BCUT2D eigenvalue weighted by atomic mass is 35.5. The second kappa shape index (κ2) is 9.16. The minimum absolute atomic E-state index is 0. The van der Waals surface area contributed by atoms with Crippen molar-refractivity contribution in [2.75, 3.05) is 26.2 Å². The summed E-state index contributed by atoms with van der Waals surface area (Å²) in [5.74, 6) is -0.261. The Kier molecular flexibility index (Phi) is 7.18. The number of nitrogens with zero attached hydrogens (tertiary/aromatic N) is 1. The maximum Gasteiger partial charge on any atom is 0.416 e. The number of morpholine rings is 1. The van der Waals surface area contributed by atoms with Crippen LogP contribution in [0.1, 0.15) is 15.9 Å². The van der Waals surface area contributed by atoms with E-state index in [0.29, 0.717) is 30.8 Å². The number of carbonyl (C=O) groups is 1. The fourth-order valence-corrected chi connectivity index (χ4v) is 2.62. The molecule has 27 heavy (non-hydrogen) atoms. The molecule has 0 bridgehead atoms. The predicted molar refractivity (Wildman–Crippen MR) is 96.9 cm³/mol. The van der Waals surface area contributed by atoms with Crippen LogP contribution in [-0.2, 0) is 10.9 Å². The van der Waals surface area contributed by atoms with Gasteiger partial charge in [-0.05, 0) is 24.3 Å². The maximum absolute atomic E-state index is 12.8. The number of aromatic nitrogens is 1. The molecule has 1 amide bonds. The molecular formula is C18H19ClF3N3O2. The summed E-state index contributed by atoms with van der Waals surface area (Å²) < 4.78 is 43.9. The number of amides is 1. The molecule has 5 nitrogen and oxygen atoms in total. The molecule has 1 fully saturated rings. The zero-order valence-electron chi connectivity index (χ0n) is 14.3. The smallest absolute Gasteiger partial charge is 0.374 e. The fraction of sp³-hybridized carbons (Fsp3) is 0.333. The topological polar surface area (TPSA) is 63.2 Å². The Balaban J connectivity index is 0.00000261. The van der Waals surface area contributed by atoms with Crippen LogP contribution in [0.2, 0.25) is 0 Å². The number of rotatable bonds is 4. The standard InChI is InChI=1S/C18H18F3N3O2.ClH/c19-18(20,21)14-5-6-23-16(9-14)12-1-3-13(4-2-12)17(25)24-11-15-10-22-7-8-26-15;/h1-6,9,15,22H,7-8,10-11H2,(H,24,25);1H. The van der Waals surface area contributed by atoms with Crippen LogP contribution < -0.4 is 10.6 Å². The first-order valence-corrected chi connectivity index (χ1v) is 8.18. The molecule has 1 aromatic carbocycles. The summed E-state index contributed by atoms with van der Waals surface area (Å²) in [6, 6.07) is 8.20. The fourth-order valence-electron chi connectivity index (χ4n) is 2.62. The summed E-state index contributed by atoms with van der Waals surface area (Å²) >= 11 is 0. The summed E-state index contributed by atoms with van der Waals surface area (Å²) in [7, 11) is 0.